The molecule has 1 heterocycles. The zero-order valence-electron chi connectivity index (χ0n) is 15.8. The summed E-state index contributed by atoms with van der Waals surface area (Å²) in [6.07, 6.45) is 1.26. The summed E-state index contributed by atoms with van der Waals surface area (Å²) in [4.78, 5) is 47.6. The molecule has 0 radical (unpaired) electrons. The molecule has 5 amide bonds. The van der Waals surface area contributed by atoms with E-state index in [0.29, 0.717) is 25.2 Å². The standard InChI is InChI=1S/C20H14Br2ClN3O5/c1-9-2-3-12(7-15(9)23)24-16(27)8-31-17-10(4-11(21)6-14(17)22)5-13-18(28)25-20(30)26-19(13)29/h2-7H,8H2,1H3,(H,24,27)(H2,25,26,28,29,30). The van der Waals surface area contributed by atoms with E-state index in [1.165, 1.54) is 6.08 Å². The number of carbonyl (C=O) groups is 4. The molecule has 1 aliphatic rings. The highest BCUT2D eigenvalue weighted by molar-refractivity contribution is 9.11. The molecule has 0 bridgehead atoms. The Balaban J connectivity index is 1.81. The van der Waals surface area contributed by atoms with Crippen LogP contribution in [-0.4, -0.2) is 30.4 Å². The summed E-state index contributed by atoms with van der Waals surface area (Å²) < 4.78 is 6.77. The molecule has 0 aromatic heterocycles. The van der Waals surface area contributed by atoms with Crippen molar-refractivity contribution < 1.29 is 23.9 Å². The van der Waals surface area contributed by atoms with Crippen molar-refractivity contribution in [3.05, 3.63) is 61.0 Å². The SMILES string of the molecule is Cc1ccc(NC(=O)COc2c(Br)cc(Br)cc2C=C2C(=O)NC(=O)NC2=O)cc1Cl. The molecule has 0 unspecified atom stereocenters. The largest absolute Gasteiger partial charge is 0.482 e. The first kappa shape index (κ1) is 23.0. The third kappa shape index (κ3) is 5.72. The maximum absolute atomic E-state index is 12.3. The van der Waals surface area contributed by atoms with Gasteiger partial charge in [0.1, 0.15) is 11.3 Å². The lowest BCUT2D eigenvalue weighted by Gasteiger charge is -2.16. The first-order chi connectivity index (χ1) is 14.6. The van der Waals surface area contributed by atoms with E-state index in [1.54, 1.807) is 30.3 Å². The molecule has 1 aliphatic heterocycles. The first-order valence-electron chi connectivity index (χ1n) is 8.70. The summed E-state index contributed by atoms with van der Waals surface area (Å²) in [5.41, 5.74) is 1.45. The van der Waals surface area contributed by atoms with Crippen molar-refractivity contribution >= 4 is 79.0 Å². The second kappa shape index (κ2) is 9.63. The second-order valence-electron chi connectivity index (χ2n) is 6.40. The van der Waals surface area contributed by atoms with Gasteiger partial charge in [0.25, 0.3) is 17.7 Å². The summed E-state index contributed by atoms with van der Waals surface area (Å²) >= 11 is 12.7. The molecule has 0 spiro atoms. The highest BCUT2D eigenvalue weighted by Gasteiger charge is 2.28. The number of barbiturate groups is 1. The van der Waals surface area contributed by atoms with E-state index in [0.717, 1.165) is 5.56 Å². The van der Waals surface area contributed by atoms with E-state index in [4.69, 9.17) is 16.3 Å². The lowest BCUT2D eigenvalue weighted by atomic mass is 10.1. The van der Waals surface area contributed by atoms with Crippen molar-refractivity contribution in [2.75, 3.05) is 11.9 Å². The molecule has 31 heavy (non-hydrogen) atoms. The van der Waals surface area contributed by atoms with Crippen molar-refractivity contribution in [1.29, 1.82) is 0 Å². The monoisotopic (exact) mass is 569 g/mol. The maximum Gasteiger partial charge on any atom is 0.328 e. The minimum absolute atomic E-state index is 0.227. The van der Waals surface area contributed by atoms with Crippen LogP contribution >= 0.6 is 43.5 Å². The number of halogens is 3. The normalized spacial score (nSPS) is 13.4. The van der Waals surface area contributed by atoms with Gasteiger partial charge in [0.15, 0.2) is 6.61 Å². The topological polar surface area (TPSA) is 114 Å². The van der Waals surface area contributed by atoms with Crippen LogP contribution in [0.2, 0.25) is 5.02 Å². The van der Waals surface area contributed by atoms with Gasteiger partial charge in [-0.15, -0.1) is 0 Å². The van der Waals surface area contributed by atoms with Crippen LogP contribution in [0.1, 0.15) is 11.1 Å². The Morgan fingerprint density at radius 1 is 1.13 bits per heavy atom. The smallest absolute Gasteiger partial charge is 0.328 e. The average Bonchev–Trinajstić information content (AvgIpc) is 2.66. The average molecular weight is 572 g/mol. The van der Waals surface area contributed by atoms with Crippen LogP contribution in [0, 0.1) is 6.92 Å². The Kier molecular flexibility index (Phi) is 7.14. The molecular formula is C20H14Br2ClN3O5. The van der Waals surface area contributed by atoms with Crippen LogP contribution in [0.15, 0.2) is 44.9 Å². The number of benzene rings is 2. The fraction of sp³-hybridized carbons (Fsp3) is 0.100. The van der Waals surface area contributed by atoms with Crippen LogP contribution < -0.4 is 20.7 Å². The minimum atomic E-state index is -0.896. The van der Waals surface area contributed by atoms with Crippen molar-refractivity contribution in [3.63, 3.8) is 0 Å². The molecule has 3 N–H and O–H groups in total. The van der Waals surface area contributed by atoms with Gasteiger partial charge in [-0.25, -0.2) is 4.79 Å². The molecule has 2 aromatic carbocycles. The van der Waals surface area contributed by atoms with E-state index < -0.39 is 23.8 Å². The molecule has 0 aliphatic carbocycles. The van der Waals surface area contributed by atoms with Crippen molar-refractivity contribution in [2.45, 2.75) is 6.92 Å². The highest BCUT2D eigenvalue weighted by atomic mass is 79.9. The number of hydrogen-bond acceptors (Lipinski definition) is 5. The van der Waals surface area contributed by atoms with Gasteiger partial charge < -0.3 is 10.1 Å². The van der Waals surface area contributed by atoms with Crippen molar-refractivity contribution in [2.24, 2.45) is 0 Å². The molecular weight excluding hydrogens is 557 g/mol. The number of rotatable bonds is 5. The number of urea groups is 1. The Hall–Kier alpha value is -2.69. The summed E-state index contributed by atoms with van der Waals surface area (Å²) in [5, 5.41) is 7.19. The number of carbonyl (C=O) groups excluding carboxylic acids is 4. The van der Waals surface area contributed by atoms with Gasteiger partial charge in [-0.1, -0.05) is 33.6 Å². The molecule has 1 saturated heterocycles. The lowest BCUT2D eigenvalue weighted by molar-refractivity contribution is -0.124. The quantitative estimate of drug-likeness (QED) is 0.372. The number of amides is 5. The predicted octanol–water partition coefficient (Wildman–Crippen LogP) is 3.94. The Morgan fingerprint density at radius 2 is 1.81 bits per heavy atom. The highest BCUT2D eigenvalue weighted by Crippen LogP contribution is 2.34. The molecule has 11 heteroatoms. The first-order valence-corrected chi connectivity index (χ1v) is 10.7. The van der Waals surface area contributed by atoms with Crippen LogP contribution in [0.3, 0.4) is 0 Å². The molecule has 0 atom stereocenters. The fourth-order valence-corrected chi connectivity index (χ4v) is 4.16. The number of anilines is 1. The van der Waals surface area contributed by atoms with Crippen molar-refractivity contribution in [1.82, 2.24) is 10.6 Å². The van der Waals surface area contributed by atoms with Gasteiger partial charge in [0, 0.05) is 20.7 Å². The van der Waals surface area contributed by atoms with Crippen LogP contribution in [0.25, 0.3) is 6.08 Å². The van der Waals surface area contributed by atoms with E-state index in [-0.39, 0.29) is 17.9 Å². The van der Waals surface area contributed by atoms with Crippen LogP contribution in [0.5, 0.6) is 5.75 Å². The summed E-state index contributed by atoms with van der Waals surface area (Å²) in [6, 6.07) is 7.50. The number of aryl methyl sites for hydroxylation is 1. The number of imide groups is 2. The van der Waals surface area contributed by atoms with E-state index in [2.05, 4.69) is 37.2 Å². The van der Waals surface area contributed by atoms with Crippen LogP contribution in [-0.2, 0) is 14.4 Å². The zero-order valence-corrected chi connectivity index (χ0v) is 19.8. The molecule has 0 saturated carbocycles. The van der Waals surface area contributed by atoms with Gasteiger partial charge in [0.05, 0.1) is 4.47 Å². The van der Waals surface area contributed by atoms with Gasteiger partial charge >= 0.3 is 6.03 Å². The number of nitrogens with one attached hydrogen (secondary N) is 3. The third-order valence-corrected chi connectivity index (χ3v) is 5.54. The van der Waals surface area contributed by atoms with Crippen LogP contribution in [0.4, 0.5) is 10.5 Å². The summed E-state index contributed by atoms with van der Waals surface area (Å²) in [6.45, 7) is 1.50. The van der Waals surface area contributed by atoms with Gasteiger partial charge in [-0.2, -0.15) is 0 Å². The maximum atomic E-state index is 12.3. The molecule has 1 fully saturated rings. The Labute approximate surface area is 198 Å². The summed E-state index contributed by atoms with van der Waals surface area (Å²) in [7, 11) is 0. The second-order valence-corrected chi connectivity index (χ2v) is 8.58. The molecule has 8 nitrogen and oxygen atoms in total. The predicted molar refractivity (Wildman–Crippen MR) is 122 cm³/mol. The Morgan fingerprint density at radius 3 is 2.45 bits per heavy atom. The van der Waals surface area contributed by atoms with Crippen molar-refractivity contribution in [3.8, 4) is 5.75 Å². The zero-order chi connectivity index (χ0) is 22.7. The van der Waals surface area contributed by atoms with Gasteiger partial charge in [-0.3, -0.25) is 25.0 Å². The van der Waals surface area contributed by atoms with E-state index in [9.17, 15) is 19.2 Å². The minimum Gasteiger partial charge on any atom is -0.482 e. The molecule has 2 aromatic rings. The van der Waals surface area contributed by atoms with E-state index in [1.807, 2.05) is 17.6 Å². The fourth-order valence-electron chi connectivity index (χ4n) is 2.61. The van der Waals surface area contributed by atoms with E-state index >= 15 is 0 Å². The lowest BCUT2D eigenvalue weighted by Crippen LogP contribution is -2.51. The number of hydrogen-bond donors (Lipinski definition) is 3. The van der Waals surface area contributed by atoms with Gasteiger partial charge in [-0.05, 0) is 58.8 Å². The molecule has 3 rings (SSSR count). The third-order valence-electron chi connectivity index (χ3n) is 4.08. The Bertz CT molecular complexity index is 1130. The molecule has 160 valence electrons. The summed E-state index contributed by atoms with van der Waals surface area (Å²) in [5.74, 6) is -1.90. The van der Waals surface area contributed by atoms with Gasteiger partial charge in [0.2, 0.25) is 0 Å². The number of ether oxygens (including phenoxy) is 1.